The van der Waals surface area contributed by atoms with Gasteiger partial charge in [-0.3, -0.25) is 0 Å². The Morgan fingerprint density at radius 2 is 2.36 bits per heavy atom. The van der Waals surface area contributed by atoms with Crippen molar-refractivity contribution in [3.05, 3.63) is 29.5 Å². The molecule has 2 rings (SSSR count). The van der Waals surface area contributed by atoms with E-state index in [0.717, 1.165) is 11.6 Å². The molecule has 2 heterocycles. The highest BCUT2D eigenvalue weighted by Crippen LogP contribution is 2.21. The molecule has 14 heavy (non-hydrogen) atoms. The molecule has 4 heteroatoms. The smallest absolute Gasteiger partial charge is 0.210 e. The summed E-state index contributed by atoms with van der Waals surface area (Å²) in [6, 6.07) is 2.07. The summed E-state index contributed by atoms with van der Waals surface area (Å²) >= 11 is 1.61. The summed E-state index contributed by atoms with van der Waals surface area (Å²) in [5.41, 5.74) is 1.24. The lowest BCUT2D eigenvalue weighted by Crippen LogP contribution is -2.04. The van der Waals surface area contributed by atoms with E-state index in [1.54, 1.807) is 11.3 Å². The zero-order chi connectivity index (χ0) is 9.97. The zero-order valence-electron chi connectivity index (χ0n) is 8.34. The lowest BCUT2D eigenvalue weighted by Gasteiger charge is -2.09. The summed E-state index contributed by atoms with van der Waals surface area (Å²) in [6.07, 6.45) is 4.77. The molecule has 0 bridgehead atoms. The monoisotopic (exact) mass is 207 g/mol. The highest BCUT2D eigenvalue weighted by Gasteiger charge is 2.11. The SMILES string of the molecule is CCC(C)c1ccnn1-c1nccs1. The molecule has 0 radical (unpaired) electrons. The summed E-state index contributed by atoms with van der Waals surface area (Å²) in [7, 11) is 0. The van der Waals surface area contributed by atoms with Gasteiger partial charge in [-0.2, -0.15) is 5.10 Å². The van der Waals surface area contributed by atoms with Crippen molar-refractivity contribution in [1.82, 2.24) is 14.8 Å². The van der Waals surface area contributed by atoms with Gasteiger partial charge in [-0.05, 0) is 18.4 Å². The van der Waals surface area contributed by atoms with Gasteiger partial charge in [-0.1, -0.05) is 13.8 Å². The molecule has 74 valence electrons. The van der Waals surface area contributed by atoms with Crippen molar-refractivity contribution in [2.45, 2.75) is 26.2 Å². The van der Waals surface area contributed by atoms with Gasteiger partial charge in [0.1, 0.15) is 0 Å². The molecule has 0 fully saturated rings. The third kappa shape index (κ3) is 1.57. The van der Waals surface area contributed by atoms with Crippen molar-refractivity contribution in [3.63, 3.8) is 0 Å². The molecule has 0 aliphatic rings. The molecule has 0 saturated heterocycles. The molecule has 3 nitrogen and oxygen atoms in total. The van der Waals surface area contributed by atoms with Gasteiger partial charge in [0.25, 0.3) is 0 Å². The van der Waals surface area contributed by atoms with Crippen LogP contribution in [0.25, 0.3) is 5.13 Å². The van der Waals surface area contributed by atoms with Crippen molar-refractivity contribution in [2.24, 2.45) is 0 Å². The Bertz CT molecular complexity index is 391. The molecule has 1 atom stereocenters. The van der Waals surface area contributed by atoms with Crippen molar-refractivity contribution in [2.75, 3.05) is 0 Å². The molecule has 2 aromatic rings. The maximum Gasteiger partial charge on any atom is 0.210 e. The molecule has 2 aromatic heterocycles. The predicted octanol–water partition coefficient (Wildman–Crippen LogP) is 2.84. The van der Waals surface area contributed by atoms with E-state index in [1.807, 2.05) is 22.5 Å². The van der Waals surface area contributed by atoms with Crippen LogP contribution in [0.1, 0.15) is 31.9 Å². The van der Waals surface area contributed by atoms with Crippen LogP contribution in [0.3, 0.4) is 0 Å². The lowest BCUT2D eigenvalue weighted by atomic mass is 10.1. The molecular formula is C10H13N3S. The predicted molar refractivity (Wildman–Crippen MR) is 57.9 cm³/mol. The topological polar surface area (TPSA) is 30.7 Å². The Morgan fingerprint density at radius 1 is 1.50 bits per heavy atom. The van der Waals surface area contributed by atoms with Crippen molar-refractivity contribution in [3.8, 4) is 5.13 Å². The average Bonchev–Trinajstić information content (AvgIpc) is 2.85. The van der Waals surface area contributed by atoms with Crippen LogP contribution in [-0.4, -0.2) is 14.8 Å². The molecular weight excluding hydrogens is 194 g/mol. The zero-order valence-corrected chi connectivity index (χ0v) is 9.16. The van der Waals surface area contributed by atoms with Crippen LogP contribution in [0.5, 0.6) is 0 Å². The van der Waals surface area contributed by atoms with Crippen LogP contribution in [0.15, 0.2) is 23.8 Å². The summed E-state index contributed by atoms with van der Waals surface area (Å²) in [5.74, 6) is 0.529. The fourth-order valence-corrected chi connectivity index (χ4v) is 1.99. The fraction of sp³-hybridized carbons (Fsp3) is 0.400. The Labute approximate surface area is 87.4 Å². The number of hydrogen-bond donors (Lipinski definition) is 0. The summed E-state index contributed by atoms with van der Waals surface area (Å²) in [4.78, 5) is 4.26. The second kappa shape index (κ2) is 3.92. The Morgan fingerprint density at radius 3 is 3.00 bits per heavy atom. The highest BCUT2D eigenvalue weighted by molar-refractivity contribution is 7.12. The Hall–Kier alpha value is -1.16. The summed E-state index contributed by atoms with van der Waals surface area (Å²) in [6.45, 7) is 4.39. The molecule has 0 saturated carbocycles. The maximum absolute atomic E-state index is 4.29. The maximum atomic E-state index is 4.29. The van der Waals surface area contributed by atoms with Gasteiger partial charge in [0, 0.05) is 23.5 Å². The molecule has 1 unspecified atom stereocenters. The largest absolute Gasteiger partial charge is 0.227 e. The summed E-state index contributed by atoms with van der Waals surface area (Å²) in [5, 5.41) is 7.21. The molecule has 0 amide bonds. The van der Waals surface area contributed by atoms with Gasteiger partial charge in [-0.15, -0.1) is 11.3 Å². The van der Waals surface area contributed by atoms with E-state index in [1.165, 1.54) is 5.69 Å². The van der Waals surface area contributed by atoms with Gasteiger partial charge in [0.05, 0.1) is 0 Å². The van der Waals surface area contributed by atoms with Gasteiger partial charge >= 0.3 is 0 Å². The average molecular weight is 207 g/mol. The molecule has 0 aromatic carbocycles. The first-order valence-corrected chi connectivity index (χ1v) is 5.64. The molecule has 0 spiro atoms. The van der Waals surface area contributed by atoms with E-state index >= 15 is 0 Å². The molecule has 0 aliphatic heterocycles. The normalized spacial score (nSPS) is 13.0. The first-order valence-electron chi connectivity index (χ1n) is 4.76. The second-order valence-corrected chi connectivity index (χ2v) is 4.16. The van der Waals surface area contributed by atoms with Crippen LogP contribution < -0.4 is 0 Å². The minimum absolute atomic E-state index is 0.529. The van der Waals surface area contributed by atoms with Crippen LogP contribution in [0, 0.1) is 0 Å². The Kier molecular flexibility index (Phi) is 2.63. The number of aromatic nitrogens is 3. The number of nitrogens with zero attached hydrogens (tertiary/aromatic N) is 3. The standard InChI is InChI=1S/C10H13N3S/c1-3-8(2)9-4-5-12-13(9)10-11-6-7-14-10/h4-8H,3H2,1-2H3. The molecule has 0 aliphatic carbocycles. The molecule has 0 N–H and O–H groups in total. The first kappa shape index (κ1) is 9.40. The van der Waals surface area contributed by atoms with Crippen LogP contribution in [0.4, 0.5) is 0 Å². The fourth-order valence-electron chi connectivity index (χ4n) is 1.38. The first-order chi connectivity index (χ1) is 6.83. The van der Waals surface area contributed by atoms with E-state index < -0.39 is 0 Å². The van der Waals surface area contributed by atoms with E-state index in [0.29, 0.717) is 5.92 Å². The van der Waals surface area contributed by atoms with E-state index in [-0.39, 0.29) is 0 Å². The highest BCUT2D eigenvalue weighted by atomic mass is 32.1. The van der Waals surface area contributed by atoms with Crippen molar-refractivity contribution in [1.29, 1.82) is 0 Å². The van der Waals surface area contributed by atoms with Crippen molar-refractivity contribution >= 4 is 11.3 Å². The number of thiazole rings is 1. The second-order valence-electron chi connectivity index (χ2n) is 3.29. The third-order valence-electron chi connectivity index (χ3n) is 2.39. The minimum atomic E-state index is 0.529. The summed E-state index contributed by atoms with van der Waals surface area (Å²) < 4.78 is 1.93. The van der Waals surface area contributed by atoms with E-state index in [2.05, 4.69) is 30.0 Å². The van der Waals surface area contributed by atoms with Gasteiger partial charge < -0.3 is 0 Å². The quantitative estimate of drug-likeness (QED) is 0.774. The Balaban J connectivity index is 2.40. The third-order valence-corrected chi connectivity index (χ3v) is 3.14. The van der Waals surface area contributed by atoms with Gasteiger partial charge in [0.15, 0.2) is 0 Å². The van der Waals surface area contributed by atoms with Gasteiger partial charge in [0.2, 0.25) is 5.13 Å². The van der Waals surface area contributed by atoms with Gasteiger partial charge in [-0.25, -0.2) is 9.67 Å². The van der Waals surface area contributed by atoms with Crippen LogP contribution in [0.2, 0.25) is 0 Å². The van der Waals surface area contributed by atoms with Crippen molar-refractivity contribution < 1.29 is 0 Å². The lowest BCUT2D eigenvalue weighted by molar-refractivity contribution is 0.663. The number of hydrogen-bond acceptors (Lipinski definition) is 3. The van der Waals surface area contributed by atoms with E-state index in [4.69, 9.17) is 0 Å². The van der Waals surface area contributed by atoms with Crippen LogP contribution >= 0.6 is 11.3 Å². The van der Waals surface area contributed by atoms with E-state index in [9.17, 15) is 0 Å². The van der Waals surface area contributed by atoms with Crippen LogP contribution in [-0.2, 0) is 0 Å². The minimum Gasteiger partial charge on any atom is -0.227 e. The number of rotatable bonds is 3.